The molecule has 0 radical (unpaired) electrons. The van der Waals surface area contributed by atoms with Gasteiger partial charge in [0.05, 0.1) is 0 Å². The first-order valence-electron chi connectivity index (χ1n) is 18.7. The largest absolute Gasteiger partial charge is 0.456 e. The number of fused-ring (bicyclic) bond motifs is 6. The summed E-state index contributed by atoms with van der Waals surface area (Å²) < 4.78 is 13.0. The van der Waals surface area contributed by atoms with Crippen molar-refractivity contribution in [1.29, 1.82) is 0 Å². The van der Waals surface area contributed by atoms with Crippen molar-refractivity contribution in [3.63, 3.8) is 0 Å². The standard InChI is InChI=1S/C45H32B5N3O2/c46-37-35(38(47)40(49)41(50)39(37)48)25-11-6-12-26(21-25)44-51-43(23-9-2-1-3-10-23)52-45(53-44)31-16-8-18-33-36(31)30-20-19-24(22-34(30)54-33)27-14-7-15-29-28-13-4-5-17-32(28)55-42(27)29/h1-22H,46-50H2. The molecule has 7 aromatic carbocycles. The van der Waals surface area contributed by atoms with Gasteiger partial charge in [-0.3, -0.25) is 0 Å². The first-order chi connectivity index (χ1) is 26.8. The number of rotatable bonds is 5. The van der Waals surface area contributed by atoms with Crippen molar-refractivity contribution >= 4 is 110 Å². The lowest BCUT2D eigenvalue weighted by molar-refractivity contribution is 0.668. The highest BCUT2D eigenvalue weighted by Gasteiger charge is 2.20. The van der Waals surface area contributed by atoms with Crippen molar-refractivity contribution in [2.45, 2.75) is 0 Å². The second kappa shape index (κ2) is 12.8. The molecule has 0 amide bonds. The maximum atomic E-state index is 6.59. The number of furan rings is 2. The minimum atomic E-state index is 0.591. The van der Waals surface area contributed by atoms with Gasteiger partial charge in [-0.15, -0.1) is 16.4 Å². The molecule has 0 aliphatic heterocycles. The van der Waals surface area contributed by atoms with Crippen LogP contribution in [-0.2, 0) is 0 Å². The number of aromatic nitrogens is 3. The molecule has 0 aliphatic carbocycles. The van der Waals surface area contributed by atoms with Crippen molar-refractivity contribution < 1.29 is 8.83 Å². The highest BCUT2D eigenvalue weighted by Crippen LogP contribution is 2.40. The van der Waals surface area contributed by atoms with Gasteiger partial charge in [0.1, 0.15) is 61.6 Å². The van der Waals surface area contributed by atoms with Crippen LogP contribution in [-0.4, -0.2) is 54.2 Å². The lowest BCUT2D eigenvalue weighted by atomic mass is 9.59. The number of hydrogen-bond donors (Lipinski definition) is 0. The van der Waals surface area contributed by atoms with E-state index in [0.717, 1.165) is 77.3 Å². The van der Waals surface area contributed by atoms with E-state index in [1.807, 2.05) is 60.7 Å². The maximum Gasteiger partial charge on any atom is 0.164 e. The van der Waals surface area contributed by atoms with Crippen LogP contribution in [0.25, 0.3) is 100 Å². The molecule has 10 heteroatoms. The zero-order valence-electron chi connectivity index (χ0n) is 31.4. The average Bonchev–Trinajstić information content (AvgIpc) is 3.81. The molecule has 10 aromatic rings. The summed E-state index contributed by atoms with van der Waals surface area (Å²) in [5.41, 5.74) is 17.1. The Bertz CT molecular complexity index is 3150. The monoisotopic (exact) mass is 701 g/mol. The smallest absolute Gasteiger partial charge is 0.164 e. The van der Waals surface area contributed by atoms with Crippen LogP contribution >= 0.6 is 0 Å². The van der Waals surface area contributed by atoms with Gasteiger partial charge in [-0.25, -0.2) is 15.0 Å². The highest BCUT2D eigenvalue weighted by atomic mass is 16.3. The quantitative estimate of drug-likeness (QED) is 0.258. The normalized spacial score (nSPS) is 11.6. The van der Waals surface area contributed by atoms with Crippen LogP contribution in [0.2, 0.25) is 0 Å². The molecule has 3 aromatic heterocycles. The van der Waals surface area contributed by atoms with E-state index in [9.17, 15) is 0 Å². The molecule has 0 bridgehead atoms. The molecular formula is C45H32B5N3O2. The highest BCUT2D eigenvalue weighted by molar-refractivity contribution is 6.68. The van der Waals surface area contributed by atoms with E-state index in [-0.39, 0.29) is 0 Å². The summed E-state index contributed by atoms with van der Waals surface area (Å²) in [4.78, 5) is 15.4. The minimum absolute atomic E-state index is 0.591. The number of hydrogen-bond acceptors (Lipinski definition) is 5. The van der Waals surface area contributed by atoms with E-state index in [0.29, 0.717) is 17.5 Å². The van der Waals surface area contributed by atoms with Gasteiger partial charge < -0.3 is 8.83 Å². The molecular weight excluding hydrogens is 669 g/mol. The van der Waals surface area contributed by atoms with Crippen LogP contribution in [0.3, 0.4) is 0 Å². The number of nitrogens with zero attached hydrogens (tertiary/aromatic N) is 3. The fourth-order valence-corrected chi connectivity index (χ4v) is 8.24. The third kappa shape index (κ3) is 5.35. The van der Waals surface area contributed by atoms with Crippen LogP contribution in [0.15, 0.2) is 142 Å². The Morgan fingerprint density at radius 3 is 1.78 bits per heavy atom. The van der Waals surface area contributed by atoms with Crippen molar-refractivity contribution in [2.75, 3.05) is 0 Å². The average molecular weight is 701 g/mol. The topological polar surface area (TPSA) is 65.0 Å². The summed E-state index contributed by atoms with van der Waals surface area (Å²) in [6.45, 7) is 0. The van der Waals surface area contributed by atoms with Crippen LogP contribution in [0, 0.1) is 0 Å². The molecule has 0 spiro atoms. The molecule has 10 rings (SSSR count). The first kappa shape index (κ1) is 33.1. The number of benzene rings is 7. The Morgan fingerprint density at radius 1 is 0.364 bits per heavy atom. The summed E-state index contributed by atoms with van der Waals surface area (Å²) in [6.07, 6.45) is 0. The lowest BCUT2D eigenvalue weighted by Crippen LogP contribution is -2.55. The summed E-state index contributed by atoms with van der Waals surface area (Å²) in [5.74, 6) is 1.83. The fraction of sp³-hybridized carbons (Fsp3) is 0. The molecule has 0 fully saturated rings. The Kier molecular flexibility index (Phi) is 7.70. The second-order valence-corrected chi connectivity index (χ2v) is 14.5. The van der Waals surface area contributed by atoms with Crippen molar-refractivity contribution in [3.05, 3.63) is 133 Å². The Hall–Kier alpha value is -6.53. The van der Waals surface area contributed by atoms with Crippen molar-refractivity contribution in [3.8, 4) is 56.4 Å². The van der Waals surface area contributed by atoms with Gasteiger partial charge in [0.25, 0.3) is 0 Å². The SMILES string of the molecule is Bc1c(B)c(B)c(-c2cccc(-c3nc(-c4ccccc4)nc(-c4cccc5oc6cc(-c7cccc8c7oc7ccccc78)ccc6c45)n3)c2)c(B)c1B. The summed E-state index contributed by atoms with van der Waals surface area (Å²) in [5, 5.41) is 4.16. The van der Waals surface area contributed by atoms with Gasteiger partial charge in [0.2, 0.25) is 0 Å². The zero-order valence-corrected chi connectivity index (χ0v) is 31.4. The minimum Gasteiger partial charge on any atom is -0.456 e. The molecule has 0 N–H and O–H groups in total. The molecule has 0 saturated heterocycles. The third-order valence-electron chi connectivity index (χ3n) is 11.5. The second-order valence-electron chi connectivity index (χ2n) is 14.5. The Balaban J connectivity index is 1.14. The maximum absolute atomic E-state index is 6.59. The predicted molar refractivity (Wildman–Crippen MR) is 242 cm³/mol. The van der Waals surface area contributed by atoms with Crippen molar-refractivity contribution in [1.82, 2.24) is 15.0 Å². The summed E-state index contributed by atoms with van der Waals surface area (Å²) >= 11 is 0. The summed E-state index contributed by atoms with van der Waals surface area (Å²) in [7, 11) is 11.1. The Morgan fingerprint density at radius 2 is 0.964 bits per heavy atom. The van der Waals surface area contributed by atoms with Gasteiger partial charge in [-0.1, -0.05) is 114 Å². The van der Waals surface area contributed by atoms with Crippen LogP contribution in [0.5, 0.6) is 0 Å². The van der Waals surface area contributed by atoms with Crippen molar-refractivity contribution in [2.24, 2.45) is 0 Å². The molecule has 55 heavy (non-hydrogen) atoms. The van der Waals surface area contributed by atoms with Crippen LogP contribution in [0.4, 0.5) is 0 Å². The zero-order chi connectivity index (χ0) is 37.4. The molecule has 5 nitrogen and oxygen atoms in total. The molecule has 0 saturated carbocycles. The van der Waals surface area contributed by atoms with Gasteiger partial charge >= 0.3 is 0 Å². The van der Waals surface area contributed by atoms with Crippen LogP contribution < -0.4 is 27.3 Å². The van der Waals surface area contributed by atoms with E-state index in [1.54, 1.807) is 0 Å². The van der Waals surface area contributed by atoms with Gasteiger partial charge in [-0.2, -0.15) is 0 Å². The van der Waals surface area contributed by atoms with Crippen LogP contribution in [0.1, 0.15) is 0 Å². The van der Waals surface area contributed by atoms with E-state index in [1.165, 1.54) is 32.9 Å². The van der Waals surface area contributed by atoms with Gasteiger partial charge in [-0.05, 0) is 47.0 Å². The molecule has 254 valence electrons. The Labute approximate surface area is 322 Å². The van der Waals surface area contributed by atoms with E-state index in [4.69, 9.17) is 23.8 Å². The first-order valence-corrected chi connectivity index (χ1v) is 18.7. The van der Waals surface area contributed by atoms with Gasteiger partial charge in [0, 0.05) is 43.8 Å². The fourth-order valence-electron chi connectivity index (χ4n) is 8.24. The predicted octanol–water partition coefficient (Wildman–Crippen LogP) is 3.30. The third-order valence-corrected chi connectivity index (χ3v) is 11.5. The van der Waals surface area contributed by atoms with E-state index >= 15 is 0 Å². The van der Waals surface area contributed by atoms with Gasteiger partial charge in [0.15, 0.2) is 17.5 Å². The molecule has 0 atom stereocenters. The molecule has 0 unspecified atom stereocenters. The molecule has 3 heterocycles. The molecule has 0 aliphatic rings. The van der Waals surface area contributed by atoms with E-state index < -0.39 is 0 Å². The van der Waals surface area contributed by atoms with E-state index in [2.05, 4.69) is 112 Å². The summed E-state index contributed by atoms with van der Waals surface area (Å²) in [6, 6.07) is 45.7. The lowest BCUT2D eigenvalue weighted by Gasteiger charge is -2.20. The number of para-hydroxylation sites is 2.